The van der Waals surface area contributed by atoms with Gasteiger partial charge in [-0.15, -0.1) is 0 Å². The van der Waals surface area contributed by atoms with Gasteiger partial charge in [-0.1, -0.05) is 31.5 Å². The van der Waals surface area contributed by atoms with Crippen LogP contribution in [0.1, 0.15) is 122 Å². The average Bonchev–Trinajstić information content (AvgIpc) is 3.35. The first-order valence-electron chi connectivity index (χ1n) is 26.4. The zero-order valence-corrected chi connectivity index (χ0v) is 45.3. The van der Waals surface area contributed by atoms with Gasteiger partial charge in [0.05, 0.1) is 84.7 Å². The lowest BCUT2D eigenvalue weighted by molar-refractivity contribution is -0.132. The topological polar surface area (TPSA) is 322 Å². The Balaban J connectivity index is 2.95. The van der Waals surface area contributed by atoms with Crippen LogP contribution < -0.4 is 37.2 Å². The number of hydrogen-bond donors (Lipinski definition) is 11. The predicted octanol–water partition coefficient (Wildman–Crippen LogP) is 0.677. The number of thiol groups is 1. The molecule has 1 fully saturated rings. The molecular weight excluding hydrogens is 992 g/mol. The number of nitrogens with one attached hydrogen (secondary N) is 7. The van der Waals surface area contributed by atoms with Gasteiger partial charge in [0.2, 0.25) is 41.4 Å². The number of ether oxygens (including phenoxy) is 3. The number of aliphatic hydroxyl groups excluding tert-OH is 3. The summed E-state index contributed by atoms with van der Waals surface area (Å²) in [6, 6.07) is -0.886. The Morgan fingerprint density at radius 2 is 0.890 bits per heavy atom. The van der Waals surface area contributed by atoms with Crippen molar-refractivity contribution in [3.8, 4) is 0 Å². The van der Waals surface area contributed by atoms with Crippen LogP contribution in [0.25, 0.3) is 0 Å². The van der Waals surface area contributed by atoms with Crippen LogP contribution in [-0.4, -0.2) is 199 Å². The van der Waals surface area contributed by atoms with Crippen LogP contribution >= 0.6 is 18.8 Å². The van der Waals surface area contributed by atoms with E-state index in [1.807, 2.05) is 0 Å². The molecule has 2 atom stereocenters. The minimum Gasteiger partial charge on any atom is -0.394 e. The molecule has 25 heteroatoms. The minimum atomic E-state index is -2.94. The van der Waals surface area contributed by atoms with Crippen molar-refractivity contribution in [1.82, 2.24) is 42.1 Å². The van der Waals surface area contributed by atoms with Crippen molar-refractivity contribution in [2.75, 3.05) is 125 Å². The molecule has 1 aliphatic rings. The summed E-state index contributed by atoms with van der Waals surface area (Å²) in [7, 11) is 0. The Bertz CT molecular complexity index is 1530. The first-order valence-corrected chi connectivity index (χ1v) is 29.6. The largest absolute Gasteiger partial charge is 0.394 e. The summed E-state index contributed by atoms with van der Waals surface area (Å²) in [4.78, 5) is 92.2. The molecule has 0 saturated heterocycles. The maximum absolute atomic E-state index is 14.1. The normalized spacial score (nSPS) is 15.7. The monoisotopic (exact) mass is 1080 g/mol. The molecule has 1 aliphatic carbocycles. The molecule has 0 heterocycles. The Hall–Kier alpha value is -3.45. The zero-order chi connectivity index (χ0) is 53.8. The quantitative estimate of drug-likeness (QED) is 0.0227. The van der Waals surface area contributed by atoms with E-state index in [1.165, 1.54) is 6.66 Å². The van der Waals surface area contributed by atoms with Crippen LogP contribution in [0.5, 0.6) is 0 Å². The average molecular weight is 1080 g/mol. The van der Waals surface area contributed by atoms with E-state index in [9.17, 15) is 38.1 Å². The molecule has 23 nitrogen and oxygen atoms in total. The highest BCUT2D eigenvalue weighted by Crippen LogP contribution is 2.50. The van der Waals surface area contributed by atoms with Gasteiger partial charge in [-0.3, -0.25) is 43.0 Å². The second kappa shape index (κ2) is 44.8. The van der Waals surface area contributed by atoms with Crippen molar-refractivity contribution in [3.63, 3.8) is 0 Å². The van der Waals surface area contributed by atoms with Crippen LogP contribution in [0.3, 0.4) is 0 Å². The summed E-state index contributed by atoms with van der Waals surface area (Å²) >= 11 is 4.03. The molecule has 0 radical (unpaired) electrons. The lowest BCUT2D eigenvalue weighted by Crippen LogP contribution is -2.53. The summed E-state index contributed by atoms with van der Waals surface area (Å²) < 4.78 is 33.0. The molecule has 10 N–H and O–H groups in total. The van der Waals surface area contributed by atoms with Crippen LogP contribution in [0.4, 0.5) is 0 Å². The highest BCUT2D eigenvalue weighted by Gasteiger charge is 2.31. The van der Waals surface area contributed by atoms with Gasteiger partial charge in [-0.25, -0.2) is 0 Å². The van der Waals surface area contributed by atoms with Crippen molar-refractivity contribution < 1.29 is 72.2 Å². The van der Waals surface area contributed by atoms with Crippen LogP contribution in [0, 0.1) is 5.92 Å². The third kappa shape index (κ3) is 39.6. The summed E-state index contributed by atoms with van der Waals surface area (Å²) in [6.45, 7) is 1.58. The molecule has 0 spiro atoms. The number of rotatable bonds is 47. The van der Waals surface area contributed by atoms with E-state index >= 15 is 0 Å². The molecule has 0 aromatic carbocycles. The lowest BCUT2D eigenvalue weighted by atomic mass is 9.87. The van der Waals surface area contributed by atoms with E-state index < -0.39 is 12.6 Å². The highest BCUT2D eigenvalue weighted by molar-refractivity contribution is 8.46. The molecule has 73 heavy (non-hydrogen) atoms. The molecule has 0 aromatic rings. The fourth-order valence-electron chi connectivity index (χ4n) is 7.86. The van der Waals surface area contributed by atoms with Crippen molar-refractivity contribution in [2.45, 2.75) is 134 Å². The Morgan fingerprint density at radius 1 is 0.507 bits per heavy atom. The van der Waals surface area contributed by atoms with Crippen molar-refractivity contribution in [1.29, 1.82) is 0 Å². The van der Waals surface area contributed by atoms with Crippen molar-refractivity contribution >= 4 is 60.2 Å². The smallest absolute Gasteiger partial charge is 0.252 e. The summed E-state index contributed by atoms with van der Waals surface area (Å²) in [6.07, 6.45) is 10.0. The van der Waals surface area contributed by atoms with E-state index in [2.05, 4.69) is 49.5 Å². The molecular formula is C48H91N8O15PS. The van der Waals surface area contributed by atoms with Gasteiger partial charge in [0.25, 0.3) is 6.57 Å². The number of hydrogen-bond acceptors (Lipinski definition) is 16. The van der Waals surface area contributed by atoms with Gasteiger partial charge in [0.15, 0.2) is 0 Å². The third-order valence-corrected chi connectivity index (χ3v) is 12.6. The molecule has 424 valence electrons. The predicted molar refractivity (Wildman–Crippen MR) is 279 cm³/mol. The van der Waals surface area contributed by atoms with Gasteiger partial charge in [0, 0.05) is 77.7 Å². The Morgan fingerprint density at radius 3 is 1.30 bits per heavy atom. The van der Waals surface area contributed by atoms with Crippen molar-refractivity contribution in [2.24, 2.45) is 5.92 Å². The molecule has 1 rings (SSSR count). The zero-order valence-electron chi connectivity index (χ0n) is 43.5. The second-order valence-electron chi connectivity index (χ2n) is 18.1. The molecule has 7 amide bonds. The van der Waals surface area contributed by atoms with E-state index in [-0.39, 0.29) is 113 Å². The van der Waals surface area contributed by atoms with E-state index in [0.717, 1.165) is 0 Å². The Kier molecular flexibility index (Phi) is 41.5. The van der Waals surface area contributed by atoms with Gasteiger partial charge in [-0.2, -0.15) is 0 Å². The van der Waals surface area contributed by atoms with Crippen molar-refractivity contribution in [3.05, 3.63) is 0 Å². The SMILES string of the molecule is CP(=O)(S)OC1CCC(C(=O)NCCCCC(C(=O)NCCCCCC(=O)NCCOCCO)N(CC(=O)NCCCCCC(=O)NCCOCCO)CC(=O)NCCCCCC(=O)NCCOCCO)CC1. The fraction of sp³-hybridized carbons (Fsp3) is 0.854. The number of carbonyl (C=O) groups is 7. The molecule has 0 bridgehead atoms. The van der Waals surface area contributed by atoms with E-state index in [0.29, 0.717) is 181 Å². The second-order valence-corrected chi connectivity index (χ2v) is 22.1. The minimum absolute atomic E-state index is 0.0786. The molecule has 0 aliphatic heterocycles. The van der Waals surface area contributed by atoms with Crippen LogP contribution in [0.2, 0.25) is 0 Å². The number of unbranched alkanes of at least 4 members (excludes halogenated alkanes) is 7. The summed E-state index contributed by atoms with van der Waals surface area (Å²) in [5, 5.41) is 46.5. The fourth-order valence-corrected chi connectivity index (χ4v) is 9.03. The summed E-state index contributed by atoms with van der Waals surface area (Å²) in [5.74, 6) is -1.77. The van der Waals surface area contributed by atoms with E-state index in [4.69, 9.17) is 34.1 Å². The molecule has 2 unspecified atom stereocenters. The first kappa shape index (κ1) is 67.6. The standard InChI is InChI=1S/C48H91N8O15PS/c1-72(67,73)71-40-19-17-39(18-20-40)47(65)54-24-12-8-13-41(48(66)55-23-11-4-7-16-44(62)53-27-33-70-36-30-59)56(37-45(63)49-21-9-2-5-14-42(60)51-25-31-68-34-28-57)38-46(64)50-22-10-3-6-15-43(61)52-26-32-69-35-29-58/h39-41,57-59H,2-38H2,1H3,(H,49,63)(H,50,64)(H,51,60)(H,52,61)(H,53,62)(H,54,65)(H,55,66)(H,67,73). The third-order valence-electron chi connectivity index (χ3n) is 11.6. The number of aliphatic hydroxyl groups is 3. The van der Waals surface area contributed by atoms with Crippen LogP contribution in [-0.2, 0) is 56.9 Å². The van der Waals surface area contributed by atoms with Gasteiger partial charge < -0.3 is 71.3 Å². The number of nitrogens with zero attached hydrogens (tertiary/aromatic N) is 1. The number of carbonyl (C=O) groups excluding carboxylic acids is 7. The highest BCUT2D eigenvalue weighted by atomic mass is 32.7. The van der Waals surface area contributed by atoms with Gasteiger partial charge >= 0.3 is 0 Å². The van der Waals surface area contributed by atoms with Gasteiger partial charge in [0.1, 0.15) is 0 Å². The Labute approximate surface area is 438 Å². The number of amides is 7. The first-order chi connectivity index (χ1) is 35.2. The molecule has 1 saturated carbocycles. The lowest BCUT2D eigenvalue weighted by Gasteiger charge is -2.30. The van der Waals surface area contributed by atoms with Gasteiger partial charge in [-0.05, 0) is 83.5 Å². The van der Waals surface area contributed by atoms with E-state index in [1.54, 1.807) is 4.90 Å². The summed E-state index contributed by atoms with van der Waals surface area (Å²) in [5.41, 5.74) is 0. The maximum atomic E-state index is 14.1. The maximum Gasteiger partial charge on any atom is 0.252 e. The van der Waals surface area contributed by atoms with Crippen LogP contribution in [0.15, 0.2) is 0 Å². The molecule has 0 aromatic heterocycles.